The van der Waals surface area contributed by atoms with Crippen LogP contribution in [0.2, 0.25) is 0 Å². The van der Waals surface area contributed by atoms with Gasteiger partial charge in [-0.2, -0.15) is 13.2 Å². The van der Waals surface area contributed by atoms with Crippen LogP contribution in [-0.4, -0.2) is 29.7 Å². The summed E-state index contributed by atoms with van der Waals surface area (Å²) in [6.07, 6.45) is -4.39. The van der Waals surface area contributed by atoms with E-state index in [1.54, 1.807) is 0 Å². The first-order valence-corrected chi connectivity index (χ1v) is 6.73. The summed E-state index contributed by atoms with van der Waals surface area (Å²) in [5.74, 6) is -0.295. The summed E-state index contributed by atoms with van der Waals surface area (Å²) in [4.78, 5) is 15.6. The third-order valence-corrected chi connectivity index (χ3v) is 3.34. The molecular formula is C12H12F3N3O2S. The number of fused-ring (bicyclic) bond motifs is 1. The number of carbonyl (C=O) groups is 1. The predicted molar refractivity (Wildman–Crippen MR) is 73.4 cm³/mol. The molecule has 3 N–H and O–H groups in total. The van der Waals surface area contributed by atoms with Crippen molar-refractivity contribution in [3.63, 3.8) is 0 Å². The number of benzene rings is 1. The molecule has 0 unspecified atom stereocenters. The van der Waals surface area contributed by atoms with E-state index in [0.29, 0.717) is 15.3 Å². The molecule has 1 amide bonds. The lowest BCUT2D eigenvalue weighted by molar-refractivity contribution is -0.153. The van der Waals surface area contributed by atoms with E-state index in [4.69, 9.17) is 5.73 Å². The molecule has 1 heterocycles. The number of nitrogens with zero attached hydrogens (tertiary/aromatic N) is 1. The minimum Gasteiger partial charge on any atom is -0.484 e. The number of thiazole rings is 1. The van der Waals surface area contributed by atoms with Gasteiger partial charge in [0.2, 0.25) is 5.91 Å². The number of alkyl halides is 3. The Morgan fingerprint density at radius 1 is 1.52 bits per heavy atom. The van der Waals surface area contributed by atoms with Crippen molar-refractivity contribution >= 4 is 32.6 Å². The average molecular weight is 319 g/mol. The second-order valence-electron chi connectivity index (χ2n) is 4.33. The van der Waals surface area contributed by atoms with Crippen molar-refractivity contribution in [1.82, 2.24) is 4.98 Å². The number of nitrogens with two attached hydrogens (primary N) is 1. The van der Waals surface area contributed by atoms with Gasteiger partial charge in [0.25, 0.3) is 0 Å². The first-order chi connectivity index (χ1) is 9.74. The first-order valence-electron chi connectivity index (χ1n) is 5.91. The highest BCUT2D eigenvalue weighted by molar-refractivity contribution is 7.22. The minimum absolute atomic E-state index is 0.0912. The zero-order valence-electron chi connectivity index (χ0n) is 10.9. The maximum Gasteiger partial charge on any atom is 0.422 e. The Kier molecular flexibility index (Phi) is 4.33. The van der Waals surface area contributed by atoms with Crippen molar-refractivity contribution in [2.75, 3.05) is 11.9 Å². The van der Waals surface area contributed by atoms with Gasteiger partial charge in [-0.1, -0.05) is 11.3 Å². The molecule has 0 saturated heterocycles. The number of carbonyl (C=O) groups excluding carboxylic acids is 1. The largest absolute Gasteiger partial charge is 0.484 e. The van der Waals surface area contributed by atoms with Crippen LogP contribution in [0.4, 0.5) is 18.3 Å². The van der Waals surface area contributed by atoms with Crippen LogP contribution in [0, 0.1) is 0 Å². The summed E-state index contributed by atoms with van der Waals surface area (Å²) in [7, 11) is 0. The predicted octanol–water partition coefficient (Wildman–Crippen LogP) is 2.52. The highest BCUT2D eigenvalue weighted by atomic mass is 32.1. The van der Waals surface area contributed by atoms with E-state index in [-0.39, 0.29) is 11.7 Å². The number of amides is 1. The van der Waals surface area contributed by atoms with Gasteiger partial charge in [-0.05, 0) is 25.1 Å². The van der Waals surface area contributed by atoms with Crippen LogP contribution in [-0.2, 0) is 4.79 Å². The first kappa shape index (κ1) is 15.5. The van der Waals surface area contributed by atoms with Crippen LogP contribution in [0.25, 0.3) is 10.2 Å². The minimum atomic E-state index is -4.39. The van der Waals surface area contributed by atoms with E-state index in [2.05, 4.69) is 15.0 Å². The lowest BCUT2D eigenvalue weighted by Gasteiger charge is -2.08. The number of anilines is 1. The number of halogens is 3. The zero-order chi connectivity index (χ0) is 15.6. The van der Waals surface area contributed by atoms with Gasteiger partial charge in [0.05, 0.1) is 16.3 Å². The average Bonchev–Trinajstić information content (AvgIpc) is 2.76. The van der Waals surface area contributed by atoms with E-state index in [9.17, 15) is 18.0 Å². The van der Waals surface area contributed by atoms with E-state index in [1.165, 1.54) is 25.1 Å². The highest BCUT2D eigenvalue weighted by Gasteiger charge is 2.28. The van der Waals surface area contributed by atoms with Crippen LogP contribution >= 0.6 is 11.3 Å². The monoisotopic (exact) mass is 319 g/mol. The van der Waals surface area contributed by atoms with Gasteiger partial charge in [0.1, 0.15) is 5.75 Å². The molecule has 21 heavy (non-hydrogen) atoms. The lowest BCUT2D eigenvalue weighted by atomic mass is 10.3. The third kappa shape index (κ3) is 4.30. The molecule has 0 radical (unpaired) electrons. The molecule has 1 atom stereocenters. The van der Waals surface area contributed by atoms with Gasteiger partial charge in [0, 0.05) is 0 Å². The number of aromatic nitrogens is 1. The van der Waals surface area contributed by atoms with Crippen molar-refractivity contribution in [3.8, 4) is 5.75 Å². The Bertz CT molecular complexity index is 655. The Morgan fingerprint density at radius 2 is 2.24 bits per heavy atom. The van der Waals surface area contributed by atoms with E-state index in [1.807, 2.05) is 0 Å². The van der Waals surface area contributed by atoms with Gasteiger partial charge in [0.15, 0.2) is 11.7 Å². The summed E-state index contributed by atoms with van der Waals surface area (Å²) in [6, 6.07) is 3.69. The maximum atomic E-state index is 12.1. The summed E-state index contributed by atoms with van der Waals surface area (Å²) in [6.45, 7) is 0.178. The fourth-order valence-corrected chi connectivity index (χ4v) is 2.33. The fourth-order valence-electron chi connectivity index (χ4n) is 1.43. The summed E-state index contributed by atoms with van der Waals surface area (Å²) in [5, 5.41) is 2.86. The summed E-state index contributed by atoms with van der Waals surface area (Å²) in [5.41, 5.74) is 5.98. The molecule has 114 valence electrons. The number of ether oxygens (including phenoxy) is 1. The number of hydrogen-bond acceptors (Lipinski definition) is 5. The Hall–Kier alpha value is -1.87. The molecule has 5 nitrogen and oxygen atoms in total. The standard InChI is InChI=1S/C12H12F3N3O2S/c1-6(16)10(19)18-11-17-8-3-2-7(4-9(8)21-11)20-5-12(13,14)15/h2-4,6H,5,16H2,1H3,(H,17,18,19)/t6-/m0/s1. The second-order valence-corrected chi connectivity index (χ2v) is 5.36. The molecule has 1 aromatic heterocycles. The van der Waals surface area contributed by atoms with Crippen LogP contribution < -0.4 is 15.8 Å². The van der Waals surface area contributed by atoms with Gasteiger partial charge in [-0.25, -0.2) is 4.98 Å². The van der Waals surface area contributed by atoms with Gasteiger partial charge < -0.3 is 15.8 Å². The van der Waals surface area contributed by atoms with Gasteiger partial charge in [-0.15, -0.1) is 0 Å². The van der Waals surface area contributed by atoms with E-state index < -0.39 is 18.8 Å². The Balaban J connectivity index is 2.14. The third-order valence-electron chi connectivity index (χ3n) is 2.41. The van der Waals surface area contributed by atoms with Crippen LogP contribution in [0.1, 0.15) is 6.92 Å². The van der Waals surface area contributed by atoms with E-state index >= 15 is 0 Å². The molecule has 0 aliphatic rings. The quantitative estimate of drug-likeness (QED) is 0.908. The SMILES string of the molecule is C[C@H](N)C(=O)Nc1nc2ccc(OCC(F)(F)F)cc2s1. The number of hydrogen-bond donors (Lipinski definition) is 2. The topological polar surface area (TPSA) is 77.2 Å². The summed E-state index contributed by atoms with van der Waals surface area (Å²) < 4.78 is 41.5. The van der Waals surface area contributed by atoms with Crippen LogP contribution in [0.5, 0.6) is 5.75 Å². The molecule has 2 rings (SSSR count). The Labute approximate surface area is 121 Å². The Morgan fingerprint density at radius 3 is 2.86 bits per heavy atom. The maximum absolute atomic E-state index is 12.1. The highest BCUT2D eigenvalue weighted by Crippen LogP contribution is 2.30. The lowest BCUT2D eigenvalue weighted by Crippen LogP contribution is -2.32. The molecule has 2 aromatic rings. The molecule has 0 spiro atoms. The van der Waals surface area contributed by atoms with Crippen LogP contribution in [0.3, 0.4) is 0 Å². The molecule has 1 aromatic carbocycles. The fraction of sp³-hybridized carbons (Fsp3) is 0.333. The van der Waals surface area contributed by atoms with Gasteiger partial charge in [-0.3, -0.25) is 4.79 Å². The second kappa shape index (κ2) is 5.86. The van der Waals surface area contributed by atoms with Crippen molar-refractivity contribution in [2.24, 2.45) is 5.73 Å². The molecule has 0 saturated carbocycles. The molecule has 9 heteroatoms. The zero-order valence-corrected chi connectivity index (χ0v) is 11.7. The van der Waals surface area contributed by atoms with Gasteiger partial charge >= 0.3 is 6.18 Å². The molecule has 0 fully saturated rings. The summed E-state index contributed by atoms with van der Waals surface area (Å²) >= 11 is 1.13. The van der Waals surface area contributed by atoms with Crippen LogP contribution in [0.15, 0.2) is 18.2 Å². The van der Waals surface area contributed by atoms with Crippen molar-refractivity contribution < 1.29 is 22.7 Å². The number of rotatable bonds is 4. The van der Waals surface area contributed by atoms with E-state index in [0.717, 1.165) is 11.3 Å². The number of nitrogens with one attached hydrogen (secondary N) is 1. The molecule has 0 bridgehead atoms. The molecule has 0 aliphatic carbocycles. The normalized spacial score (nSPS) is 13.2. The molecular weight excluding hydrogens is 307 g/mol. The van der Waals surface area contributed by atoms with Crippen molar-refractivity contribution in [1.29, 1.82) is 0 Å². The van der Waals surface area contributed by atoms with Crippen molar-refractivity contribution in [2.45, 2.75) is 19.1 Å². The smallest absolute Gasteiger partial charge is 0.422 e. The molecule has 0 aliphatic heterocycles. The van der Waals surface area contributed by atoms with Crippen molar-refractivity contribution in [3.05, 3.63) is 18.2 Å².